The highest BCUT2D eigenvalue weighted by Gasteiger charge is 2.10. The van der Waals surface area contributed by atoms with Gasteiger partial charge >= 0.3 is 0 Å². The fourth-order valence-corrected chi connectivity index (χ4v) is 1.89. The third-order valence-corrected chi connectivity index (χ3v) is 3.24. The van der Waals surface area contributed by atoms with Gasteiger partial charge in [-0.15, -0.1) is 11.8 Å². The fourth-order valence-electron chi connectivity index (χ4n) is 1.89. The van der Waals surface area contributed by atoms with E-state index in [4.69, 9.17) is 0 Å². The largest absolute Gasteiger partial charge is 0.103 e. The van der Waals surface area contributed by atoms with Crippen LogP contribution in [-0.4, -0.2) is 0 Å². The molecule has 1 aliphatic carbocycles. The predicted molar refractivity (Wildman–Crippen MR) is 69.8 cm³/mol. The van der Waals surface area contributed by atoms with Gasteiger partial charge < -0.3 is 0 Å². The summed E-state index contributed by atoms with van der Waals surface area (Å²) in [4.78, 5) is 0. The van der Waals surface area contributed by atoms with Gasteiger partial charge in [0, 0.05) is 12.8 Å². The smallest absolute Gasteiger partial charge is 0.00913 e. The second-order valence-electron chi connectivity index (χ2n) is 4.39. The third kappa shape index (κ3) is 7.48. The maximum absolute atomic E-state index is 3.23. The van der Waals surface area contributed by atoms with Crippen molar-refractivity contribution < 1.29 is 0 Å². The minimum Gasteiger partial charge on any atom is -0.103 e. The monoisotopic (exact) mass is 208 g/mol. The van der Waals surface area contributed by atoms with Crippen LogP contribution in [0.5, 0.6) is 0 Å². The number of hydrogen-bond donors (Lipinski definition) is 0. The normalized spacial score (nSPS) is 17.9. The van der Waals surface area contributed by atoms with Crippen LogP contribution in [0.2, 0.25) is 0 Å². The van der Waals surface area contributed by atoms with E-state index < -0.39 is 0 Å². The van der Waals surface area contributed by atoms with E-state index in [9.17, 15) is 0 Å². The summed E-state index contributed by atoms with van der Waals surface area (Å²) in [6.07, 6.45) is 9.17. The molecule has 1 atom stereocenters. The molecule has 0 N–H and O–H groups in total. The van der Waals surface area contributed by atoms with E-state index in [1.807, 2.05) is 13.8 Å². The molecule has 0 bridgehead atoms. The molecule has 0 saturated carbocycles. The Balaban J connectivity index is 0.000000921. The van der Waals surface area contributed by atoms with E-state index in [0.29, 0.717) is 0 Å². The van der Waals surface area contributed by atoms with E-state index in [1.165, 1.54) is 32.1 Å². The molecule has 0 heterocycles. The van der Waals surface area contributed by atoms with Crippen molar-refractivity contribution in [3.05, 3.63) is 0 Å². The predicted octanol–water partition coefficient (Wildman–Crippen LogP) is 5.03. The lowest BCUT2D eigenvalue weighted by Gasteiger charge is -2.15. The Kier molecular flexibility index (Phi) is 9.79. The van der Waals surface area contributed by atoms with Gasteiger partial charge in [0.25, 0.3) is 0 Å². The van der Waals surface area contributed by atoms with Crippen LogP contribution in [0.1, 0.15) is 72.6 Å². The maximum Gasteiger partial charge on any atom is 0.00913 e. The first-order valence-corrected chi connectivity index (χ1v) is 6.78. The van der Waals surface area contributed by atoms with Gasteiger partial charge in [0.15, 0.2) is 0 Å². The van der Waals surface area contributed by atoms with Gasteiger partial charge in [-0.2, -0.15) is 0 Å². The van der Waals surface area contributed by atoms with E-state index in [1.54, 1.807) is 0 Å². The maximum atomic E-state index is 3.23. The summed E-state index contributed by atoms with van der Waals surface area (Å²) in [5.74, 6) is 8.33. The van der Waals surface area contributed by atoms with Crippen molar-refractivity contribution >= 4 is 0 Å². The van der Waals surface area contributed by atoms with Gasteiger partial charge in [-0.1, -0.05) is 47.0 Å². The highest BCUT2D eigenvalue weighted by atomic mass is 14.2. The van der Waals surface area contributed by atoms with Crippen molar-refractivity contribution in [1.29, 1.82) is 0 Å². The van der Waals surface area contributed by atoms with E-state index in [0.717, 1.165) is 24.7 Å². The molecule has 0 aromatic carbocycles. The summed E-state index contributed by atoms with van der Waals surface area (Å²) in [6, 6.07) is 0. The molecule has 15 heavy (non-hydrogen) atoms. The van der Waals surface area contributed by atoms with Crippen molar-refractivity contribution in [2.24, 2.45) is 11.8 Å². The summed E-state index contributed by atoms with van der Waals surface area (Å²) in [7, 11) is 0. The van der Waals surface area contributed by atoms with Gasteiger partial charge in [-0.25, -0.2) is 0 Å². The molecule has 1 unspecified atom stereocenters. The molecular weight excluding hydrogens is 180 g/mol. The van der Waals surface area contributed by atoms with Crippen LogP contribution in [0.25, 0.3) is 0 Å². The highest BCUT2D eigenvalue weighted by Crippen LogP contribution is 2.23. The lowest BCUT2D eigenvalue weighted by Crippen LogP contribution is -2.02. The van der Waals surface area contributed by atoms with Crippen LogP contribution >= 0.6 is 0 Å². The number of rotatable bonds is 4. The summed E-state index contributed by atoms with van der Waals surface area (Å²) < 4.78 is 0. The van der Waals surface area contributed by atoms with Crippen LogP contribution in [0.3, 0.4) is 0 Å². The zero-order valence-corrected chi connectivity index (χ0v) is 11.1. The molecular formula is C15H28. The highest BCUT2D eigenvalue weighted by molar-refractivity contribution is 5.01. The Morgan fingerprint density at radius 1 is 1.13 bits per heavy atom. The zero-order valence-electron chi connectivity index (χ0n) is 11.1. The van der Waals surface area contributed by atoms with Crippen LogP contribution in [-0.2, 0) is 0 Å². The SMILES string of the molecule is CC.CCC(C)CCC1CCC#CCC1. The molecule has 0 radical (unpaired) electrons. The first-order chi connectivity index (χ1) is 7.33. The van der Waals surface area contributed by atoms with Gasteiger partial charge in [0.05, 0.1) is 0 Å². The van der Waals surface area contributed by atoms with Crippen molar-refractivity contribution in [1.82, 2.24) is 0 Å². The Morgan fingerprint density at radius 2 is 1.67 bits per heavy atom. The molecule has 0 aromatic rings. The molecule has 1 aliphatic rings. The zero-order chi connectivity index (χ0) is 11.5. The standard InChI is InChI=1S/C13H22.C2H6/c1-3-12(2)10-11-13-8-6-4-5-7-9-13;1-2/h12-13H,3,6-11H2,1-2H3;1-2H3. The summed E-state index contributed by atoms with van der Waals surface area (Å²) in [6.45, 7) is 8.66. The molecule has 0 spiro atoms. The van der Waals surface area contributed by atoms with Crippen LogP contribution in [0, 0.1) is 23.7 Å². The topological polar surface area (TPSA) is 0 Å². The van der Waals surface area contributed by atoms with Gasteiger partial charge in [-0.3, -0.25) is 0 Å². The molecule has 0 amide bonds. The van der Waals surface area contributed by atoms with Crippen LogP contribution in [0.15, 0.2) is 0 Å². The van der Waals surface area contributed by atoms with Crippen molar-refractivity contribution in [2.75, 3.05) is 0 Å². The van der Waals surface area contributed by atoms with Gasteiger partial charge in [0.2, 0.25) is 0 Å². The molecule has 0 aromatic heterocycles. The fraction of sp³-hybridized carbons (Fsp3) is 0.867. The lowest BCUT2D eigenvalue weighted by molar-refractivity contribution is 0.374. The first kappa shape index (κ1) is 14.6. The lowest BCUT2D eigenvalue weighted by atomic mass is 9.90. The summed E-state index contributed by atoms with van der Waals surface area (Å²) in [5.41, 5.74) is 0. The van der Waals surface area contributed by atoms with Crippen LogP contribution in [0.4, 0.5) is 0 Å². The molecule has 0 nitrogen and oxygen atoms in total. The Labute approximate surface area is 96.8 Å². The first-order valence-electron chi connectivity index (χ1n) is 6.78. The van der Waals surface area contributed by atoms with Crippen LogP contribution < -0.4 is 0 Å². The quantitative estimate of drug-likeness (QED) is 0.568. The van der Waals surface area contributed by atoms with E-state index in [-0.39, 0.29) is 0 Å². The summed E-state index contributed by atoms with van der Waals surface area (Å²) >= 11 is 0. The molecule has 1 rings (SSSR count). The molecule has 88 valence electrons. The second kappa shape index (κ2) is 10.1. The average Bonchev–Trinajstić information content (AvgIpc) is 2.57. The molecule has 0 saturated heterocycles. The number of hydrogen-bond acceptors (Lipinski definition) is 0. The van der Waals surface area contributed by atoms with E-state index in [2.05, 4.69) is 25.7 Å². The van der Waals surface area contributed by atoms with Crippen molar-refractivity contribution in [2.45, 2.75) is 72.6 Å². The van der Waals surface area contributed by atoms with Gasteiger partial charge in [0.1, 0.15) is 0 Å². The second-order valence-corrected chi connectivity index (χ2v) is 4.39. The Morgan fingerprint density at radius 3 is 2.13 bits per heavy atom. The molecule has 0 heteroatoms. The molecule has 0 aliphatic heterocycles. The minimum absolute atomic E-state index is 0.921. The van der Waals surface area contributed by atoms with Gasteiger partial charge in [-0.05, 0) is 24.7 Å². The molecule has 0 fully saturated rings. The Bertz CT molecular complexity index is 170. The average molecular weight is 208 g/mol. The minimum atomic E-state index is 0.921. The van der Waals surface area contributed by atoms with Crippen molar-refractivity contribution in [3.8, 4) is 11.8 Å². The third-order valence-electron chi connectivity index (χ3n) is 3.24. The Hall–Kier alpha value is -0.440. The van der Waals surface area contributed by atoms with Crippen molar-refractivity contribution in [3.63, 3.8) is 0 Å². The summed E-state index contributed by atoms with van der Waals surface area (Å²) in [5, 5.41) is 0. The van der Waals surface area contributed by atoms with E-state index >= 15 is 0 Å².